The average molecular weight is 335 g/mol. The lowest BCUT2D eigenvalue weighted by molar-refractivity contribution is 0.532. The predicted octanol–water partition coefficient (Wildman–Crippen LogP) is 3.60. The van der Waals surface area contributed by atoms with Crippen molar-refractivity contribution < 1.29 is 8.42 Å². The molecule has 0 atom stereocenters. The molecule has 1 aromatic carbocycles. The molecule has 0 aliphatic rings. The smallest absolute Gasteiger partial charge is 0.244 e. The van der Waals surface area contributed by atoms with Crippen LogP contribution in [0.2, 0.25) is 0 Å². The zero-order valence-electron chi connectivity index (χ0n) is 14.0. The Kier molecular flexibility index (Phi) is 5.96. The second-order valence-electron chi connectivity index (χ2n) is 5.89. The Bertz CT molecular complexity index is 722. The quantitative estimate of drug-likeness (QED) is 0.750. The molecule has 2 rings (SSSR count). The van der Waals surface area contributed by atoms with Crippen molar-refractivity contribution in [2.24, 2.45) is 0 Å². The number of unbranched alkanes of at least 4 members (excludes halogenated alkanes) is 2. The molecular formula is C17H25N3O2S. The van der Waals surface area contributed by atoms with Crippen LogP contribution < -0.4 is 4.72 Å². The number of benzene rings is 1. The zero-order chi connectivity index (χ0) is 16.9. The molecular weight excluding hydrogens is 310 g/mol. The largest absolute Gasteiger partial charge is 0.268 e. The van der Waals surface area contributed by atoms with Crippen LogP contribution in [0.5, 0.6) is 0 Å². The van der Waals surface area contributed by atoms with Crippen molar-refractivity contribution in [3.63, 3.8) is 0 Å². The number of hydrogen-bond donors (Lipinski definition) is 1. The highest BCUT2D eigenvalue weighted by Crippen LogP contribution is 2.27. The second-order valence-corrected chi connectivity index (χ2v) is 7.62. The van der Waals surface area contributed by atoms with Gasteiger partial charge in [0.2, 0.25) is 10.0 Å². The summed E-state index contributed by atoms with van der Waals surface area (Å²) >= 11 is 0. The van der Waals surface area contributed by atoms with Crippen molar-refractivity contribution in [3.8, 4) is 11.3 Å². The summed E-state index contributed by atoms with van der Waals surface area (Å²) in [5.74, 6) is 0. The van der Waals surface area contributed by atoms with E-state index in [0.717, 1.165) is 24.8 Å². The van der Waals surface area contributed by atoms with Crippen LogP contribution in [0.3, 0.4) is 0 Å². The summed E-state index contributed by atoms with van der Waals surface area (Å²) in [4.78, 5) is 0.244. The maximum atomic E-state index is 12.7. The van der Waals surface area contributed by atoms with Crippen LogP contribution in [0.15, 0.2) is 41.4 Å². The Hall–Kier alpha value is -1.66. The fourth-order valence-corrected chi connectivity index (χ4v) is 3.52. The maximum absolute atomic E-state index is 12.7. The molecule has 0 unspecified atom stereocenters. The van der Waals surface area contributed by atoms with Crippen molar-refractivity contribution in [2.45, 2.75) is 51.0 Å². The molecule has 2 aromatic rings. The number of nitrogens with one attached hydrogen (secondary N) is 1. The molecule has 126 valence electrons. The van der Waals surface area contributed by atoms with Gasteiger partial charge < -0.3 is 0 Å². The summed E-state index contributed by atoms with van der Waals surface area (Å²) in [7, 11) is -3.57. The zero-order valence-corrected chi connectivity index (χ0v) is 14.8. The van der Waals surface area contributed by atoms with Crippen LogP contribution in [0.4, 0.5) is 0 Å². The summed E-state index contributed by atoms with van der Waals surface area (Å²) < 4.78 is 29.7. The molecule has 6 heteroatoms. The minimum absolute atomic E-state index is 0.0986. The highest BCUT2D eigenvalue weighted by molar-refractivity contribution is 7.89. The van der Waals surface area contributed by atoms with E-state index in [1.54, 1.807) is 10.9 Å². The van der Waals surface area contributed by atoms with Gasteiger partial charge in [0.15, 0.2) is 0 Å². The fourth-order valence-electron chi connectivity index (χ4n) is 2.29. The molecule has 0 spiro atoms. The van der Waals surface area contributed by atoms with Gasteiger partial charge in [-0.2, -0.15) is 5.10 Å². The molecule has 0 bridgehead atoms. The summed E-state index contributed by atoms with van der Waals surface area (Å²) in [5, 5.41) is 4.49. The maximum Gasteiger partial charge on any atom is 0.244 e. The van der Waals surface area contributed by atoms with Crippen LogP contribution in [-0.2, 0) is 10.0 Å². The van der Waals surface area contributed by atoms with Gasteiger partial charge in [0.1, 0.15) is 10.6 Å². The molecule has 0 radical (unpaired) electrons. The topological polar surface area (TPSA) is 64.0 Å². The Morgan fingerprint density at radius 1 is 1.17 bits per heavy atom. The van der Waals surface area contributed by atoms with Crippen LogP contribution in [-0.4, -0.2) is 24.7 Å². The number of sulfonamides is 1. The molecule has 1 heterocycles. The van der Waals surface area contributed by atoms with E-state index in [1.165, 1.54) is 0 Å². The van der Waals surface area contributed by atoms with Crippen LogP contribution in [0, 0.1) is 0 Å². The minimum atomic E-state index is -3.57. The normalized spacial score (nSPS) is 12.0. The molecule has 0 aliphatic heterocycles. The highest BCUT2D eigenvalue weighted by atomic mass is 32.2. The van der Waals surface area contributed by atoms with Crippen molar-refractivity contribution in [1.29, 1.82) is 0 Å². The van der Waals surface area contributed by atoms with Gasteiger partial charge in [0, 0.05) is 24.3 Å². The van der Waals surface area contributed by atoms with Crippen LogP contribution in [0.25, 0.3) is 11.3 Å². The van der Waals surface area contributed by atoms with Crippen molar-refractivity contribution in [2.75, 3.05) is 6.54 Å². The van der Waals surface area contributed by atoms with Crippen molar-refractivity contribution in [1.82, 2.24) is 14.5 Å². The Balaban J connectivity index is 2.36. The third-order valence-corrected chi connectivity index (χ3v) is 5.10. The average Bonchev–Trinajstić information content (AvgIpc) is 2.99. The molecule has 1 aromatic heterocycles. The van der Waals surface area contributed by atoms with Gasteiger partial charge in [0.25, 0.3) is 0 Å². The lowest BCUT2D eigenvalue weighted by atomic mass is 10.2. The third-order valence-electron chi connectivity index (χ3n) is 3.64. The molecule has 1 N–H and O–H groups in total. The number of nitrogens with zero attached hydrogens (tertiary/aromatic N) is 2. The van der Waals surface area contributed by atoms with E-state index in [9.17, 15) is 8.42 Å². The van der Waals surface area contributed by atoms with Crippen molar-refractivity contribution in [3.05, 3.63) is 36.5 Å². The second kappa shape index (κ2) is 7.75. The summed E-state index contributed by atoms with van der Waals surface area (Å²) in [5.41, 5.74) is 1.31. The van der Waals surface area contributed by atoms with Crippen LogP contribution >= 0.6 is 0 Å². The Morgan fingerprint density at radius 2 is 1.87 bits per heavy atom. The predicted molar refractivity (Wildman–Crippen MR) is 92.8 cm³/mol. The Morgan fingerprint density at radius 3 is 2.48 bits per heavy atom. The first-order valence-electron chi connectivity index (χ1n) is 8.10. The van der Waals surface area contributed by atoms with E-state index in [1.807, 2.05) is 44.2 Å². The van der Waals surface area contributed by atoms with Gasteiger partial charge in [-0.05, 0) is 20.3 Å². The number of aromatic nitrogens is 2. The first-order valence-corrected chi connectivity index (χ1v) is 9.58. The molecule has 0 aliphatic carbocycles. The summed E-state index contributed by atoms with van der Waals surface area (Å²) in [6, 6.07) is 9.53. The third kappa shape index (κ3) is 4.42. The summed E-state index contributed by atoms with van der Waals surface area (Å²) in [6.45, 7) is 6.51. The Labute approximate surface area is 138 Å². The first-order chi connectivity index (χ1) is 11.0. The first kappa shape index (κ1) is 17.7. The van der Waals surface area contributed by atoms with E-state index < -0.39 is 10.0 Å². The van der Waals surface area contributed by atoms with Crippen LogP contribution in [0.1, 0.15) is 46.1 Å². The lowest BCUT2D eigenvalue weighted by Crippen LogP contribution is -2.25. The number of hydrogen-bond acceptors (Lipinski definition) is 3. The molecule has 0 saturated heterocycles. The standard InChI is InChI=1S/C17H25N3O2S/c1-4-5-9-12-18-23(21,22)16-13-20(14(2)3)19-17(16)15-10-7-6-8-11-15/h6-8,10-11,13-14,18H,4-5,9,12H2,1-3H3. The molecule has 5 nitrogen and oxygen atoms in total. The summed E-state index contributed by atoms with van der Waals surface area (Å²) in [6.07, 6.45) is 4.53. The van der Waals surface area contributed by atoms with E-state index in [-0.39, 0.29) is 10.9 Å². The van der Waals surface area contributed by atoms with Gasteiger partial charge in [-0.3, -0.25) is 4.68 Å². The fraction of sp³-hybridized carbons (Fsp3) is 0.471. The lowest BCUT2D eigenvalue weighted by Gasteiger charge is -2.06. The van der Waals surface area contributed by atoms with Gasteiger partial charge in [-0.15, -0.1) is 0 Å². The van der Waals surface area contributed by atoms with E-state index in [2.05, 4.69) is 16.7 Å². The van der Waals surface area contributed by atoms with Gasteiger partial charge in [-0.1, -0.05) is 50.1 Å². The minimum Gasteiger partial charge on any atom is -0.268 e. The molecule has 0 amide bonds. The van der Waals surface area contributed by atoms with Gasteiger partial charge >= 0.3 is 0 Å². The molecule has 0 fully saturated rings. The van der Waals surface area contributed by atoms with Gasteiger partial charge in [0.05, 0.1) is 0 Å². The SMILES string of the molecule is CCCCCNS(=O)(=O)c1cn(C(C)C)nc1-c1ccccc1. The van der Waals surface area contributed by atoms with Crippen molar-refractivity contribution >= 4 is 10.0 Å². The van der Waals surface area contributed by atoms with E-state index in [0.29, 0.717) is 12.2 Å². The monoisotopic (exact) mass is 335 g/mol. The van der Waals surface area contributed by atoms with E-state index in [4.69, 9.17) is 0 Å². The van der Waals surface area contributed by atoms with E-state index >= 15 is 0 Å². The van der Waals surface area contributed by atoms with Gasteiger partial charge in [-0.25, -0.2) is 13.1 Å². The molecule has 0 saturated carbocycles. The highest BCUT2D eigenvalue weighted by Gasteiger charge is 2.23. The number of rotatable bonds is 8. The molecule has 23 heavy (non-hydrogen) atoms.